The van der Waals surface area contributed by atoms with Crippen LogP contribution in [0.1, 0.15) is 33.6 Å². The van der Waals surface area contributed by atoms with Crippen LogP contribution in [-0.2, 0) is 10.0 Å². The first-order valence-electron chi connectivity index (χ1n) is 14.6. The number of para-hydroxylation sites is 1. The predicted molar refractivity (Wildman–Crippen MR) is 168 cm³/mol. The van der Waals surface area contributed by atoms with Gasteiger partial charge < -0.3 is 9.80 Å². The summed E-state index contributed by atoms with van der Waals surface area (Å²) in [5, 5.41) is 0.791. The average Bonchev–Trinajstić information content (AvgIpc) is 3.03. The number of piperidine rings is 1. The van der Waals surface area contributed by atoms with E-state index in [-0.39, 0.29) is 11.8 Å². The molecule has 10 heteroatoms. The molecule has 2 amide bonds. The highest BCUT2D eigenvalue weighted by Crippen LogP contribution is 2.28. The Morgan fingerprint density at radius 3 is 2.16 bits per heavy atom. The minimum absolute atomic E-state index is 0.0341. The summed E-state index contributed by atoms with van der Waals surface area (Å²) in [6, 6.07) is 26.3. The fraction of sp³-hybridized carbons (Fsp3) is 0.303. The highest BCUT2D eigenvalue weighted by Gasteiger charge is 2.31. The molecule has 2 fully saturated rings. The number of nitrogens with zero attached hydrogens (tertiary/aromatic N) is 4. The van der Waals surface area contributed by atoms with Crippen LogP contribution in [0.25, 0.3) is 22.2 Å². The predicted octanol–water partition coefficient (Wildman–Crippen LogP) is 4.34. The molecule has 0 unspecified atom stereocenters. The number of carbonyl (C=O) groups is 2. The number of hydrogen-bond acceptors (Lipinski definition) is 6. The minimum Gasteiger partial charge on any atom is -0.339 e. The SMILES string of the molecule is CS(=O)(=O)Nc1cccc(-c2cc(C(=O)N3CCN(C4CCN(C(=O)c5ccccc5)CC4)CC3)c3ccccc3n2)c1. The van der Waals surface area contributed by atoms with Gasteiger partial charge in [0, 0.05) is 67.5 Å². The molecule has 0 saturated carbocycles. The summed E-state index contributed by atoms with van der Waals surface area (Å²) < 4.78 is 26.0. The van der Waals surface area contributed by atoms with Gasteiger partial charge in [-0.3, -0.25) is 19.2 Å². The zero-order valence-electron chi connectivity index (χ0n) is 24.1. The van der Waals surface area contributed by atoms with Gasteiger partial charge in [-0.15, -0.1) is 0 Å². The van der Waals surface area contributed by atoms with Crippen molar-refractivity contribution in [2.75, 3.05) is 50.2 Å². The van der Waals surface area contributed by atoms with Crippen LogP contribution < -0.4 is 4.72 Å². The quantitative estimate of drug-likeness (QED) is 0.355. The lowest BCUT2D eigenvalue weighted by atomic mass is 10.0. The van der Waals surface area contributed by atoms with Gasteiger partial charge in [-0.05, 0) is 49.2 Å². The number of fused-ring (bicyclic) bond motifs is 1. The first-order valence-corrected chi connectivity index (χ1v) is 16.5. The van der Waals surface area contributed by atoms with Crippen LogP contribution in [0.3, 0.4) is 0 Å². The molecule has 3 aromatic carbocycles. The van der Waals surface area contributed by atoms with Crippen molar-refractivity contribution in [3.05, 3.63) is 96.1 Å². The molecule has 0 atom stereocenters. The third-order valence-corrected chi connectivity index (χ3v) is 8.90. The first-order chi connectivity index (χ1) is 20.7. The number of benzene rings is 3. The van der Waals surface area contributed by atoms with Crippen molar-refractivity contribution in [2.45, 2.75) is 18.9 Å². The summed E-state index contributed by atoms with van der Waals surface area (Å²) in [5.41, 5.74) is 3.79. The summed E-state index contributed by atoms with van der Waals surface area (Å²) in [6.07, 6.45) is 2.97. The standard InChI is InChI=1S/C33H35N5O4S/c1-43(41,42)35-26-11-7-10-25(22-26)31-23-29(28-12-5-6-13-30(28)34-31)33(40)38-20-18-36(19-21-38)27-14-16-37(17-15-27)32(39)24-8-3-2-4-9-24/h2-13,22-23,27,35H,14-21H2,1H3. The van der Waals surface area contributed by atoms with Gasteiger partial charge in [-0.1, -0.05) is 48.5 Å². The van der Waals surface area contributed by atoms with Crippen molar-refractivity contribution in [1.29, 1.82) is 0 Å². The molecule has 0 spiro atoms. The molecule has 0 radical (unpaired) electrons. The Balaban J connectivity index is 1.14. The van der Waals surface area contributed by atoms with E-state index in [1.165, 1.54) is 0 Å². The van der Waals surface area contributed by atoms with Crippen LogP contribution in [0.15, 0.2) is 84.9 Å². The maximum absolute atomic E-state index is 13.9. The largest absolute Gasteiger partial charge is 0.339 e. The number of hydrogen-bond donors (Lipinski definition) is 1. The van der Waals surface area contributed by atoms with E-state index in [1.54, 1.807) is 18.2 Å². The van der Waals surface area contributed by atoms with Crippen molar-refractivity contribution in [3.8, 4) is 11.3 Å². The molecule has 1 N–H and O–H groups in total. The summed E-state index contributed by atoms with van der Waals surface area (Å²) in [4.78, 5) is 37.9. The van der Waals surface area contributed by atoms with Gasteiger partial charge in [0.15, 0.2) is 0 Å². The Hall–Kier alpha value is -4.28. The number of anilines is 1. The molecule has 222 valence electrons. The molecule has 2 saturated heterocycles. The van der Waals surface area contributed by atoms with E-state index in [9.17, 15) is 18.0 Å². The Kier molecular flexibility index (Phi) is 8.14. The molecular formula is C33H35N5O4S. The molecule has 4 aromatic rings. The van der Waals surface area contributed by atoms with Crippen LogP contribution in [0.4, 0.5) is 5.69 Å². The third-order valence-electron chi connectivity index (χ3n) is 8.30. The lowest BCUT2D eigenvalue weighted by Gasteiger charge is -2.42. The number of amides is 2. The van der Waals surface area contributed by atoms with E-state index in [0.29, 0.717) is 41.6 Å². The molecular weight excluding hydrogens is 562 g/mol. The van der Waals surface area contributed by atoms with Gasteiger partial charge in [-0.2, -0.15) is 0 Å². The van der Waals surface area contributed by atoms with Gasteiger partial charge in [0.25, 0.3) is 11.8 Å². The van der Waals surface area contributed by atoms with Crippen LogP contribution in [0.2, 0.25) is 0 Å². The van der Waals surface area contributed by atoms with Gasteiger partial charge >= 0.3 is 0 Å². The molecule has 2 aliphatic rings. The van der Waals surface area contributed by atoms with Gasteiger partial charge in [-0.25, -0.2) is 13.4 Å². The zero-order chi connectivity index (χ0) is 30.0. The molecule has 43 heavy (non-hydrogen) atoms. The molecule has 0 bridgehead atoms. The first kappa shape index (κ1) is 28.8. The van der Waals surface area contributed by atoms with E-state index in [2.05, 4.69) is 9.62 Å². The number of piperazine rings is 1. The molecule has 2 aliphatic heterocycles. The lowest BCUT2D eigenvalue weighted by Crippen LogP contribution is -2.54. The Labute approximate surface area is 252 Å². The van der Waals surface area contributed by atoms with Crippen molar-refractivity contribution < 1.29 is 18.0 Å². The number of rotatable bonds is 6. The maximum atomic E-state index is 13.9. The van der Waals surface area contributed by atoms with E-state index in [0.717, 1.165) is 61.8 Å². The Morgan fingerprint density at radius 1 is 0.767 bits per heavy atom. The number of likely N-dealkylation sites (tertiary alicyclic amines) is 1. The van der Waals surface area contributed by atoms with Crippen LogP contribution in [0, 0.1) is 0 Å². The lowest BCUT2D eigenvalue weighted by molar-refractivity contribution is 0.0413. The normalized spacial score (nSPS) is 16.8. The molecule has 3 heterocycles. The number of pyridine rings is 1. The second-order valence-electron chi connectivity index (χ2n) is 11.2. The van der Waals surface area contributed by atoms with Crippen molar-refractivity contribution >= 4 is 38.4 Å². The highest BCUT2D eigenvalue weighted by molar-refractivity contribution is 7.92. The summed E-state index contributed by atoms with van der Waals surface area (Å²) in [6.45, 7) is 4.31. The smallest absolute Gasteiger partial charge is 0.254 e. The molecule has 6 rings (SSSR count). The van der Waals surface area contributed by atoms with Gasteiger partial charge in [0.2, 0.25) is 10.0 Å². The molecule has 0 aliphatic carbocycles. The number of sulfonamides is 1. The third kappa shape index (κ3) is 6.55. The highest BCUT2D eigenvalue weighted by atomic mass is 32.2. The summed E-state index contributed by atoms with van der Waals surface area (Å²) >= 11 is 0. The second kappa shape index (κ2) is 12.1. The zero-order valence-corrected chi connectivity index (χ0v) is 25.0. The number of carbonyl (C=O) groups excluding carboxylic acids is 2. The van der Waals surface area contributed by atoms with Crippen molar-refractivity contribution in [2.24, 2.45) is 0 Å². The van der Waals surface area contributed by atoms with E-state index in [1.807, 2.05) is 76.5 Å². The fourth-order valence-corrected chi connectivity index (χ4v) is 6.67. The Bertz CT molecular complexity index is 1750. The van der Waals surface area contributed by atoms with E-state index >= 15 is 0 Å². The Morgan fingerprint density at radius 2 is 1.44 bits per heavy atom. The molecule has 1 aromatic heterocycles. The van der Waals surface area contributed by atoms with Crippen LogP contribution >= 0.6 is 0 Å². The minimum atomic E-state index is -3.43. The van der Waals surface area contributed by atoms with E-state index < -0.39 is 10.0 Å². The number of aromatic nitrogens is 1. The van der Waals surface area contributed by atoms with Crippen LogP contribution in [-0.4, -0.2) is 91.5 Å². The monoisotopic (exact) mass is 597 g/mol. The summed E-state index contributed by atoms with van der Waals surface area (Å²) in [7, 11) is -3.43. The fourth-order valence-electron chi connectivity index (χ4n) is 6.11. The second-order valence-corrected chi connectivity index (χ2v) is 13.0. The number of nitrogens with one attached hydrogen (secondary N) is 1. The summed E-state index contributed by atoms with van der Waals surface area (Å²) in [5.74, 6) is 0.0602. The maximum Gasteiger partial charge on any atom is 0.254 e. The van der Waals surface area contributed by atoms with E-state index in [4.69, 9.17) is 4.98 Å². The average molecular weight is 598 g/mol. The topological polar surface area (TPSA) is 103 Å². The van der Waals surface area contributed by atoms with Crippen molar-refractivity contribution in [1.82, 2.24) is 19.7 Å². The van der Waals surface area contributed by atoms with Crippen LogP contribution in [0.5, 0.6) is 0 Å². The van der Waals surface area contributed by atoms with Gasteiger partial charge in [0.1, 0.15) is 0 Å². The van der Waals surface area contributed by atoms with Crippen molar-refractivity contribution in [3.63, 3.8) is 0 Å². The molecule has 9 nitrogen and oxygen atoms in total. The van der Waals surface area contributed by atoms with Gasteiger partial charge in [0.05, 0.1) is 23.0 Å².